The van der Waals surface area contributed by atoms with Crippen LogP contribution in [0.3, 0.4) is 0 Å². The summed E-state index contributed by atoms with van der Waals surface area (Å²) in [5.74, 6) is 1.39. The Morgan fingerprint density at radius 2 is 1.79 bits per heavy atom. The molecule has 0 radical (unpaired) electrons. The Labute approximate surface area is 198 Å². The Kier molecular flexibility index (Phi) is 5.63. The van der Waals surface area contributed by atoms with Gasteiger partial charge in [-0.3, -0.25) is 4.79 Å². The van der Waals surface area contributed by atoms with E-state index in [1.165, 1.54) is 5.57 Å². The van der Waals surface area contributed by atoms with Gasteiger partial charge in [0.2, 0.25) is 0 Å². The molecule has 5 rings (SSSR count). The third-order valence-corrected chi connectivity index (χ3v) is 12.0. The van der Waals surface area contributed by atoms with Crippen molar-refractivity contribution in [1.82, 2.24) is 0 Å². The molecule has 0 aromatic carbocycles. The zero-order valence-electron chi connectivity index (χ0n) is 20.8. The smallest absolute Gasteiger partial charge is 0.310 e. The molecule has 5 heteroatoms. The summed E-state index contributed by atoms with van der Waals surface area (Å²) in [5.41, 5.74) is -0.0438. The van der Waals surface area contributed by atoms with Crippen LogP contribution in [0.15, 0.2) is 11.6 Å². The van der Waals surface area contributed by atoms with Crippen LogP contribution >= 0.6 is 0 Å². The lowest BCUT2D eigenvalue weighted by molar-refractivity contribution is -0.219. The highest BCUT2D eigenvalue weighted by atomic mass is 16.4. The van der Waals surface area contributed by atoms with E-state index in [1.54, 1.807) is 0 Å². The van der Waals surface area contributed by atoms with Gasteiger partial charge in [-0.05, 0) is 92.3 Å². The molecular formula is C28H44O5. The number of aliphatic hydroxyl groups is 3. The number of hydrogen-bond donors (Lipinski definition) is 4. The Morgan fingerprint density at radius 3 is 2.45 bits per heavy atom. The van der Waals surface area contributed by atoms with Gasteiger partial charge in [-0.25, -0.2) is 0 Å². The molecule has 4 fully saturated rings. The number of carboxylic acids is 1. The lowest BCUT2D eigenvalue weighted by atomic mass is 9.40. The van der Waals surface area contributed by atoms with Crippen molar-refractivity contribution in [2.75, 3.05) is 6.61 Å². The molecule has 0 bridgehead atoms. The molecule has 5 aliphatic carbocycles. The van der Waals surface area contributed by atoms with E-state index in [0.717, 1.165) is 38.5 Å². The van der Waals surface area contributed by atoms with Gasteiger partial charge in [-0.2, -0.15) is 0 Å². The maximum Gasteiger partial charge on any atom is 0.310 e. The van der Waals surface area contributed by atoms with Gasteiger partial charge in [0.15, 0.2) is 0 Å². The maximum atomic E-state index is 12.6. The van der Waals surface area contributed by atoms with Crippen LogP contribution in [-0.4, -0.2) is 45.2 Å². The highest BCUT2D eigenvalue weighted by Crippen LogP contribution is 2.68. The zero-order chi connectivity index (χ0) is 23.9. The Balaban J connectivity index is 1.55. The molecule has 0 aromatic heterocycles. The van der Waals surface area contributed by atoms with E-state index in [1.807, 2.05) is 6.92 Å². The fourth-order valence-corrected chi connectivity index (χ4v) is 10.1. The predicted octanol–water partition coefficient (Wildman–Crippen LogP) is 4.25. The van der Waals surface area contributed by atoms with E-state index in [9.17, 15) is 25.2 Å². The molecule has 4 saturated carbocycles. The number of carboxylic acid groups (broad SMARTS) is 1. The number of aliphatic carboxylic acids is 1. The summed E-state index contributed by atoms with van der Waals surface area (Å²) >= 11 is 0. The highest BCUT2D eigenvalue weighted by molar-refractivity contribution is 5.76. The molecule has 0 aromatic rings. The minimum Gasteiger partial charge on any atom is -0.481 e. The van der Waals surface area contributed by atoms with Crippen LogP contribution in [0.1, 0.15) is 79.1 Å². The molecular weight excluding hydrogens is 416 g/mol. The summed E-state index contributed by atoms with van der Waals surface area (Å²) in [4.78, 5) is 12.6. The number of aliphatic hydroxyl groups excluding tert-OH is 3. The molecule has 12 atom stereocenters. The Hall–Kier alpha value is -0.910. The van der Waals surface area contributed by atoms with E-state index in [-0.39, 0.29) is 23.9 Å². The molecule has 0 saturated heterocycles. The fourth-order valence-electron chi connectivity index (χ4n) is 10.1. The lowest BCUT2D eigenvalue weighted by Crippen LogP contribution is -2.65. The normalized spacial score (nSPS) is 56.0. The summed E-state index contributed by atoms with van der Waals surface area (Å²) in [5, 5.41) is 43.0. The van der Waals surface area contributed by atoms with E-state index in [0.29, 0.717) is 42.4 Å². The Bertz CT molecular complexity index is 838. The first-order valence-electron chi connectivity index (χ1n) is 13.4. The minimum atomic E-state index is -0.681. The maximum absolute atomic E-state index is 12.6. The standard InChI is InChI=1S/C28H44O5/c1-15-7-11-28(25(32)33)12-8-17-18(23(28)16(15)2)5-6-20-19(17)13-21(30)24-26(20,3)10-9-22(31)27(24,4)14-29/h5,15-17,19-24,29-31H,6-14H2,1-4H3,(H,32,33). The molecule has 0 spiro atoms. The first-order valence-corrected chi connectivity index (χ1v) is 13.4. The average molecular weight is 461 g/mol. The van der Waals surface area contributed by atoms with Gasteiger partial charge >= 0.3 is 5.97 Å². The highest BCUT2D eigenvalue weighted by Gasteiger charge is 2.65. The van der Waals surface area contributed by atoms with Crippen molar-refractivity contribution in [2.45, 2.75) is 91.3 Å². The second kappa shape index (κ2) is 7.80. The predicted molar refractivity (Wildman–Crippen MR) is 126 cm³/mol. The van der Waals surface area contributed by atoms with Crippen LogP contribution in [-0.2, 0) is 4.79 Å². The molecule has 4 N–H and O–H groups in total. The number of carbonyl (C=O) groups is 1. The molecule has 0 aliphatic heterocycles. The summed E-state index contributed by atoms with van der Waals surface area (Å²) in [6.07, 6.45) is 7.90. The molecule has 0 amide bonds. The average Bonchev–Trinajstić information content (AvgIpc) is 2.78. The van der Waals surface area contributed by atoms with Gasteiger partial charge in [-0.1, -0.05) is 39.3 Å². The molecule has 33 heavy (non-hydrogen) atoms. The third-order valence-electron chi connectivity index (χ3n) is 12.0. The van der Waals surface area contributed by atoms with Gasteiger partial charge in [0.25, 0.3) is 0 Å². The van der Waals surface area contributed by atoms with E-state index < -0.39 is 29.0 Å². The second-order valence-electron chi connectivity index (χ2n) is 13.2. The van der Waals surface area contributed by atoms with Crippen LogP contribution in [0, 0.1) is 57.7 Å². The number of hydrogen-bond acceptors (Lipinski definition) is 4. The lowest BCUT2D eigenvalue weighted by Gasteiger charge is -2.65. The van der Waals surface area contributed by atoms with Crippen molar-refractivity contribution >= 4 is 5.97 Å². The first kappa shape index (κ1) is 23.8. The topological polar surface area (TPSA) is 98.0 Å². The van der Waals surface area contributed by atoms with Gasteiger partial charge in [-0.15, -0.1) is 0 Å². The number of fused-ring (bicyclic) bond motifs is 7. The zero-order valence-corrected chi connectivity index (χ0v) is 20.8. The van der Waals surface area contributed by atoms with E-state index >= 15 is 0 Å². The van der Waals surface area contributed by atoms with Crippen LogP contribution in [0.4, 0.5) is 0 Å². The van der Waals surface area contributed by atoms with Crippen LogP contribution in [0.25, 0.3) is 0 Å². The van der Waals surface area contributed by atoms with Gasteiger partial charge in [0, 0.05) is 11.3 Å². The molecule has 0 heterocycles. The van der Waals surface area contributed by atoms with Crippen molar-refractivity contribution < 1.29 is 25.2 Å². The van der Waals surface area contributed by atoms with Crippen LogP contribution < -0.4 is 0 Å². The van der Waals surface area contributed by atoms with Crippen LogP contribution in [0.5, 0.6) is 0 Å². The van der Waals surface area contributed by atoms with Gasteiger partial charge in [0.1, 0.15) is 0 Å². The first-order chi connectivity index (χ1) is 15.5. The fraction of sp³-hybridized carbons (Fsp3) is 0.893. The van der Waals surface area contributed by atoms with E-state index in [4.69, 9.17) is 0 Å². The van der Waals surface area contributed by atoms with Crippen LogP contribution in [0.2, 0.25) is 0 Å². The monoisotopic (exact) mass is 460 g/mol. The Morgan fingerprint density at radius 1 is 1.09 bits per heavy atom. The molecule has 5 nitrogen and oxygen atoms in total. The van der Waals surface area contributed by atoms with E-state index in [2.05, 4.69) is 26.8 Å². The van der Waals surface area contributed by atoms with Gasteiger partial charge < -0.3 is 20.4 Å². The minimum absolute atomic E-state index is 0.105. The number of allylic oxidation sites excluding steroid dienone is 2. The van der Waals surface area contributed by atoms with Crippen molar-refractivity contribution in [2.24, 2.45) is 57.7 Å². The van der Waals surface area contributed by atoms with Crippen molar-refractivity contribution in [3.05, 3.63) is 11.6 Å². The van der Waals surface area contributed by atoms with Gasteiger partial charge in [0.05, 0.1) is 24.2 Å². The summed E-state index contributed by atoms with van der Waals surface area (Å²) in [7, 11) is 0. The molecule has 5 aliphatic rings. The van der Waals surface area contributed by atoms with Crippen molar-refractivity contribution in [1.29, 1.82) is 0 Å². The summed E-state index contributed by atoms with van der Waals surface area (Å²) < 4.78 is 0. The largest absolute Gasteiger partial charge is 0.481 e. The van der Waals surface area contributed by atoms with Crippen molar-refractivity contribution in [3.63, 3.8) is 0 Å². The summed E-state index contributed by atoms with van der Waals surface area (Å²) in [6, 6.07) is 0. The molecule has 186 valence electrons. The number of rotatable bonds is 2. The SMILES string of the molecule is CC1CCC2(C(=O)O)CCC3C(=CCC4C3CC(O)C3C(C)(CO)C(O)CCC43C)C2C1C. The second-order valence-corrected chi connectivity index (χ2v) is 13.2. The van der Waals surface area contributed by atoms with Crippen molar-refractivity contribution in [3.8, 4) is 0 Å². The summed E-state index contributed by atoms with van der Waals surface area (Å²) in [6.45, 7) is 8.70. The third kappa shape index (κ3) is 3.04. The molecule has 12 unspecified atom stereocenters. The quantitative estimate of drug-likeness (QED) is 0.462.